The number of aryl methyl sites for hydroxylation is 1. The Morgan fingerprint density at radius 3 is 2.46 bits per heavy atom. The molecule has 0 bridgehead atoms. The minimum absolute atomic E-state index is 0.0358. The van der Waals surface area contributed by atoms with Gasteiger partial charge in [0, 0.05) is 12.1 Å². The SMILES string of the molecule is N#CCc1ccc(NC(=O)CCn2[nH]c(=O)c3ccccc3c2=O)cc1. The number of nitriles is 1. The van der Waals surface area contributed by atoms with Crippen LogP contribution in [-0.4, -0.2) is 15.7 Å². The number of anilines is 1. The van der Waals surface area contributed by atoms with Gasteiger partial charge in [0.15, 0.2) is 0 Å². The maximum atomic E-state index is 12.4. The molecule has 1 heterocycles. The number of hydrogen-bond donors (Lipinski definition) is 2. The molecule has 0 saturated carbocycles. The second-order valence-corrected chi connectivity index (χ2v) is 5.77. The maximum absolute atomic E-state index is 12.4. The fraction of sp³-hybridized carbons (Fsp3) is 0.158. The van der Waals surface area contributed by atoms with Crippen LogP contribution in [0.15, 0.2) is 58.1 Å². The topological polar surface area (TPSA) is 108 Å². The van der Waals surface area contributed by atoms with Crippen molar-refractivity contribution in [3.8, 4) is 6.07 Å². The maximum Gasteiger partial charge on any atom is 0.273 e. The monoisotopic (exact) mass is 348 g/mol. The summed E-state index contributed by atoms with van der Waals surface area (Å²) in [4.78, 5) is 36.5. The zero-order valence-corrected chi connectivity index (χ0v) is 13.9. The lowest BCUT2D eigenvalue weighted by molar-refractivity contribution is -0.116. The number of nitrogens with zero attached hydrogens (tertiary/aromatic N) is 2. The normalized spacial score (nSPS) is 10.4. The fourth-order valence-electron chi connectivity index (χ4n) is 2.64. The van der Waals surface area contributed by atoms with E-state index < -0.39 is 0 Å². The van der Waals surface area contributed by atoms with E-state index >= 15 is 0 Å². The highest BCUT2D eigenvalue weighted by molar-refractivity contribution is 5.90. The Morgan fingerprint density at radius 1 is 1.08 bits per heavy atom. The van der Waals surface area contributed by atoms with Crippen molar-refractivity contribution in [2.24, 2.45) is 0 Å². The van der Waals surface area contributed by atoms with Crippen molar-refractivity contribution in [1.82, 2.24) is 9.78 Å². The van der Waals surface area contributed by atoms with Gasteiger partial charge in [-0.3, -0.25) is 19.5 Å². The molecular weight excluding hydrogens is 332 g/mol. The number of aromatic nitrogens is 2. The minimum atomic E-state index is -0.367. The number of hydrogen-bond acceptors (Lipinski definition) is 4. The minimum Gasteiger partial charge on any atom is -0.326 e. The van der Waals surface area contributed by atoms with Gasteiger partial charge in [0.2, 0.25) is 5.91 Å². The number of rotatable bonds is 5. The summed E-state index contributed by atoms with van der Waals surface area (Å²) in [7, 11) is 0. The van der Waals surface area contributed by atoms with Crippen molar-refractivity contribution in [2.45, 2.75) is 19.4 Å². The number of amides is 1. The first-order chi connectivity index (χ1) is 12.6. The van der Waals surface area contributed by atoms with Crippen LogP contribution in [0.5, 0.6) is 0 Å². The predicted octanol–water partition coefficient (Wildman–Crippen LogP) is 1.78. The first-order valence-corrected chi connectivity index (χ1v) is 8.06. The summed E-state index contributed by atoms with van der Waals surface area (Å²) in [6, 6.07) is 15.6. The zero-order chi connectivity index (χ0) is 18.5. The van der Waals surface area contributed by atoms with Crippen LogP contribution in [0.3, 0.4) is 0 Å². The molecule has 7 nitrogen and oxygen atoms in total. The highest BCUT2D eigenvalue weighted by Gasteiger charge is 2.09. The number of fused-ring (bicyclic) bond motifs is 1. The lowest BCUT2D eigenvalue weighted by Gasteiger charge is -2.08. The smallest absolute Gasteiger partial charge is 0.273 e. The van der Waals surface area contributed by atoms with Gasteiger partial charge in [-0.25, -0.2) is 4.68 Å². The van der Waals surface area contributed by atoms with Crippen LogP contribution in [0.25, 0.3) is 10.8 Å². The molecule has 2 N–H and O–H groups in total. The van der Waals surface area contributed by atoms with E-state index in [1.807, 2.05) is 0 Å². The van der Waals surface area contributed by atoms with Crippen LogP contribution in [0.4, 0.5) is 5.69 Å². The van der Waals surface area contributed by atoms with E-state index in [0.717, 1.165) is 10.2 Å². The largest absolute Gasteiger partial charge is 0.326 e. The molecule has 3 aromatic rings. The number of carbonyl (C=O) groups is 1. The molecule has 1 aromatic heterocycles. The number of aromatic amines is 1. The summed E-state index contributed by atoms with van der Waals surface area (Å²) >= 11 is 0. The van der Waals surface area contributed by atoms with Gasteiger partial charge < -0.3 is 5.32 Å². The molecular formula is C19H16N4O3. The van der Waals surface area contributed by atoms with Gasteiger partial charge in [-0.05, 0) is 29.8 Å². The molecule has 130 valence electrons. The van der Waals surface area contributed by atoms with Gasteiger partial charge in [0.05, 0.1) is 29.8 Å². The molecule has 0 fully saturated rings. The second-order valence-electron chi connectivity index (χ2n) is 5.77. The lowest BCUT2D eigenvalue weighted by atomic mass is 10.1. The molecule has 0 saturated heterocycles. The van der Waals surface area contributed by atoms with Gasteiger partial charge in [0.1, 0.15) is 0 Å². The molecule has 0 radical (unpaired) electrons. The summed E-state index contributed by atoms with van der Waals surface area (Å²) < 4.78 is 1.15. The highest BCUT2D eigenvalue weighted by atomic mass is 16.2. The quantitative estimate of drug-likeness (QED) is 0.733. The van der Waals surface area contributed by atoms with Gasteiger partial charge in [0.25, 0.3) is 11.1 Å². The molecule has 2 aromatic carbocycles. The number of H-pyrrole nitrogens is 1. The van der Waals surface area contributed by atoms with Crippen LogP contribution in [0.1, 0.15) is 12.0 Å². The number of nitrogens with one attached hydrogen (secondary N) is 2. The molecule has 0 spiro atoms. The Hall–Kier alpha value is -3.66. The average molecular weight is 348 g/mol. The van der Waals surface area contributed by atoms with Crippen LogP contribution < -0.4 is 16.4 Å². The van der Waals surface area contributed by atoms with E-state index in [1.165, 1.54) is 0 Å². The van der Waals surface area contributed by atoms with Gasteiger partial charge in [-0.1, -0.05) is 24.3 Å². The van der Waals surface area contributed by atoms with Crippen LogP contribution in [0, 0.1) is 11.3 Å². The Morgan fingerprint density at radius 2 is 1.77 bits per heavy atom. The molecule has 0 atom stereocenters. The van der Waals surface area contributed by atoms with Gasteiger partial charge in [-0.15, -0.1) is 0 Å². The van der Waals surface area contributed by atoms with Crippen molar-refractivity contribution >= 4 is 22.4 Å². The Bertz CT molecular complexity index is 1100. The third kappa shape index (κ3) is 3.70. The first kappa shape index (κ1) is 17.2. The van der Waals surface area contributed by atoms with Gasteiger partial charge in [-0.2, -0.15) is 5.26 Å². The second kappa shape index (κ2) is 7.49. The third-order valence-electron chi connectivity index (χ3n) is 3.97. The van der Waals surface area contributed by atoms with E-state index in [9.17, 15) is 14.4 Å². The van der Waals surface area contributed by atoms with Crippen molar-refractivity contribution in [3.05, 3.63) is 74.8 Å². The molecule has 0 aliphatic heterocycles. The van der Waals surface area contributed by atoms with E-state index in [-0.39, 0.29) is 30.0 Å². The first-order valence-electron chi connectivity index (χ1n) is 8.06. The van der Waals surface area contributed by atoms with E-state index in [2.05, 4.69) is 16.5 Å². The summed E-state index contributed by atoms with van der Waals surface area (Å²) in [5, 5.41) is 14.5. The molecule has 26 heavy (non-hydrogen) atoms. The summed E-state index contributed by atoms with van der Waals surface area (Å²) in [6.07, 6.45) is 0.348. The van der Waals surface area contributed by atoms with Crippen molar-refractivity contribution in [3.63, 3.8) is 0 Å². The van der Waals surface area contributed by atoms with Crippen LogP contribution >= 0.6 is 0 Å². The molecule has 7 heteroatoms. The van der Waals surface area contributed by atoms with Crippen LogP contribution in [0.2, 0.25) is 0 Å². The Kier molecular flexibility index (Phi) is 4.94. The van der Waals surface area contributed by atoms with Crippen molar-refractivity contribution < 1.29 is 4.79 Å². The lowest BCUT2D eigenvalue weighted by Crippen LogP contribution is -2.31. The Balaban J connectivity index is 1.69. The van der Waals surface area contributed by atoms with E-state index in [4.69, 9.17) is 5.26 Å². The number of carbonyl (C=O) groups excluding carboxylic acids is 1. The third-order valence-corrected chi connectivity index (χ3v) is 3.97. The summed E-state index contributed by atoms with van der Waals surface area (Å²) in [6.45, 7) is 0.0667. The van der Waals surface area contributed by atoms with Crippen molar-refractivity contribution in [2.75, 3.05) is 5.32 Å². The predicted molar refractivity (Wildman–Crippen MR) is 97.8 cm³/mol. The molecule has 0 unspecified atom stereocenters. The fourth-order valence-corrected chi connectivity index (χ4v) is 2.64. The van der Waals surface area contributed by atoms with Gasteiger partial charge >= 0.3 is 0 Å². The molecule has 3 rings (SSSR count). The summed E-state index contributed by atoms with van der Waals surface area (Å²) in [5.74, 6) is -0.279. The highest BCUT2D eigenvalue weighted by Crippen LogP contribution is 2.10. The van der Waals surface area contributed by atoms with E-state index in [0.29, 0.717) is 22.9 Å². The Labute approximate surface area is 148 Å². The molecule has 0 aliphatic rings. The number of benzene rings is 2. The summed E-state index contributed by atoms with van der Waals surface area (Å²) in [5.41, 5.74) is 0.768. The molecule has 0 aliphatic carbocycles. The van der Waals surface area contributed by atoms with Crippen LogP contribution in [-0.2, 0) is 17.8 Å². The van der Waals surface area contributed by atoms with E-state index in [1.54, 1.807) is 48.5 Å². The van der Waals surface area contributed by atoms with Crippen molar-refractivity contribution in [1.29, 1.82) is 5.26 Å². The zero-order valence-electron chi connectivity index (χ0n) is 13.9. The standard InChI is InChI=1S/C19H16N4O3/c20-11-9-13-5-7-14(8-6-13)21-17(24)10-12-23-19(26)16-4-2-1-3-15(16)18(25)22-23/h1-8H,9-10,12H2,(H,21,24)(H,22,25). The average Bonchev–Trinajstić information content (AvgIpc) is 2.65. The molecule has 1 amide bonds.